The second-order valence-corrected chi connectivity index (χ2v) is 6.85. The van der Waals surface area contributed by atoms with E-state index in [4.69, 9.17) is 4.74 Å². The van der Waals surface area contributed by atoms with E-state index in [-0.39, 0.29) is 5.91 Å². The molecule has 1 N–H and O–H groups in total. The normalized spacial score (nSPS) is 17.9. The first-order valence-corrected chi connectivity index (χ1v) is 9.10. The molecule has 2 fully saturated rings. The van der Waals surface area contributed by atoms with Crippen LogP contribution in [-0.2, 0) is 11.3 Å². The number of anilines is 1. The van der Waals surface area contributed by atoms with Crippen LogP contribution in [-0.4, -0.2) is 52.1 Å². The van der Waals surface area contributed by atoms with E-state index in [1.165, 1.54) is 0 Å². The topological polar surface area (TPSA) is 80.2 Å². The van der Waals surface area contributed by atoms with Gasteiger partial charge in [0.2, 0.25) is 0 Å². The molecular weight excluding hydrogens is 330 g/mol. The Hall–Kier alpha value is -2.38. The summed E-state index contributed by atoms with van der Waals surface area (Å²) in [5.74, 6) is 1.46. The molecular formula is C19H23N5O2. The Labute approximate surface area is 152 Å². The minimum absolute atomic E-state index is 0.192. The van der Waals surface area contributed by atoms with Crippen LogP contribution in [0.15, 0.2) is 24.4 Å². The molecule has 0 radical (unpaired) electrons. The maximum Gasteiger partial charge on any atom is 0.260 e. The molecule has 1 aliphatic heterocycles. The predicted octanol–water partition coefficient (Wildman–Crippen LogP) is 2.14. The van der Waals surface area contributed by atoms with E-state index in [2.05, 4.69) is 25.2 Å². The SMILES string of the molecule is Cc1ncc(C(=O)Nc2cccc(CN3CCOCC3)n2)c(C2CC2)n1. The molecule has 7 nitrogen and oxygen atoms in total. The van der Waals surface area contributed by atoms with Gasteiger partial charge in [-0.3, -0.25) is 9.69 Å². The van der Waals surface area contributed by atoms with Crippen molar-refractivity contribution in [2.75, 3.05) is 31.6 Å². The van der Waals surface area contributed by atoms with Gasteiger partial charge in [-0.2, -0.15) is 0 Å². The maximum atomic E-state index is 12.7. The summed E-state index contributed by atoms with van der Waals surface area (Å²) in [6, 6.07) is 5.72. The molecule has 0 unspecified atom stereocenters. The highest BCUT2D eigenvalue weighted by atomic mass is 16.5. The van der Waals surface area contributed by atoms with E-state index < -0.39 is 0 Å². The number of hydrogen-bond donors (Lipinski definition) is 1. The van der Waals surface area contributed by atoms with Crippen LogP contribution in [0.5, 0.6) is 0 Å². The molecule has 2 aliphatic rings. The van der Waals surface area contributed by atoms with Crippen molar-refractivity contribution in [1.82, 2.24) is 19.9 Å². The number of pyridine rings is 1. The van der Waals surface area contributed by atoms with Crippen molar-refractivity contribution in [3.63, 3.8) is 0 Å². The molecule has 7 heteroatoms. The van der Waals surface area contributed by atoms with Gasteiger partial charge in [-0.25, -0.2) is 15.0 Å². The second kappa shape index (κ2) is 7.47. The minimum atomic E-state index is -0.192. The third kappa shape index (κ3) is 4.05. The van der Waals surface area contributed by atoms with Crippen LogP contribution in [0.3, 0.4) is 0 Å². The molecule has 2 aromatic rings. The number of aryl methyl sites for hydroxylation is 1. The Morgan fingerprint density at radius 3 is 2.85 bits per heavy atom. The molecule has 3 heterocycles. The number of aromatic nitrogens is 3. The van der Waals surface area contributed by atoms with Crippen LogP contribution in [0.25, 0.3) is 0 Å². The van der Waals surface area contributed by atoms with Gasteiger partial charge in [-0.05, 0) is 31.9 Å². The van der Waals surface area contributed by atoms with Gasteiger partial charge in [0.1, 0.15) is 11.6 Å². The van der Waals surface area contributed by atoms with Crippen molar-refractivity contribution in [3.05, 3.63) is 47.2 Å². The number of morpholine rings is 1. The maximum absolute atomic E-state index is 12.7. The summed E-state index contributed by atoms with van der Waals surface area (Å²) in [5, 5.41) is 2.91. The molecule has 1 saturated carbocycles. The number of carbonyl (C=O) groups excluding carboxylic acids is 1. The molecule has 0 spiro atoms. The highest BCUT2D eigenvalue weighted by Gasteiger charge is 2.30. The number of nitrogens with one attached hydrogen (secondary N) is 1. The third-order valence-corrected chi connectivity index (χ3v) is 4.69. The van der Waals surface area contributed by atoms with Gasteiger partial charge in [0.15, 0.2) is 0 Å². The number of nitrogens with zero attached hydrogens (tertiary/aromatic N) is 4. The van der Waals surface area contributed by atoms with E-state index in [1.54, 1.807) is 6.20 Å². The first-order chi connectivity index (χ1) is 12.7. The van der Waals surface area contributed by atoms with Crippen LogP contribution >= 0.6 is 0 Å². The van der Waals surface area contributed by atoms with Gasteiger partial charge >= 0.3 is 0 Å². The smallest absolute Gasteiger partial charge is 0.260 e. The molecule has 4 rings (SSSR count). The summed E-state index contributed by atoms with van der Waals surface area (Å²) in [4.78, 5) is 28.3. The number of amides is 1. The van der Waals surface area contributed by atoms with Crippen LogP contribution in [0, 0.1) is 6.92 Å². The molecule has 1 saturated heterocycles. The zero-order chi connectivity index (χ0) is 17.9. The summed E-state index contributed by atoms with van der Waals surface area (Å²) in [7, 11) is 0. The molecule has 2 aromatic heterocycles. The first kappa shape index (κ1) is 17.1. The van der Waals surface area contributed by atoms with Gasteiger partial charge < -0.3 is 10.1 Å². The quantitative estimate of drug-likeness (QED) is 0.887. The van der Waals surface area contributed by atoms with Crippen molar-refractivity contribution in [2.45, 2.75) is 32.2 Å². The van der Waals surface area contributed by atoms with Gasteiger partial charge in [-0.1, -0.05) is 6.07 Å². The Morgan fingerprint density at radius 1 is 1.27 bits per heavy atom. The molecule has 26 heavy (non-hydrogen) atoms. The summed E-state index contributed by atoms with van der Waals surface area (Å²) >= 11 is 0. The highest BCUT2D eigenvalue weighted by molar-refractivity contribution is 6.04. The molecule has 0 bridgehead atoms. The van der Waals surface area contributed by atoms with Crippen molar-refractivity contribution >= 4 is 11.7 Å². The number of ether oxygens (including phenoxy) is 1. The van der Waals surface area contributed by atoms with Crippen LogP contribution < -0.4 is 5.32 Å². The number of hydrogen-bond acceptors (Lipinski definition) is 6. The van der Waals surface area contributed by atoms with E-state index in [9.17, 15) is 4.79 Å². The predicted molar refractivity (Wildman–Crippen MR) is 97.0 cm³/mol. The Morgan fingerprint density at radius 2 is 2.08 bits per heavy atom. The summed E-state index contributed by atoms with van der Waals surface area (Å²) < 4.78 is 5.38. The molecule has 0 atom stereocenters. The first-order valence-electron chi connectivity index (χ1n) is 9.10. The highest BCUT2D eigenvalue weighted by Crippen LogP contribution is 2.40. The average molecular weight is 353 g/mol. The van der Waals surface area contributed by atoms with E-state index in [0.717, 1.165) is 57.1 Å². The fourth-order valence-corrected chi connectivity index (χ4v) is 3.14. The summed E-state index contributed by atoms with van der Waals surface area (Å²) in [5.41, 5.74) is 2.35. The van der Waals surface area contributed by atoms with Gasteiger partial charge in [0.05, 0.1) is 30.2 Å². The lowest BCUT2D eigenvalue weighted by molar-refractivity contribution is 0.0337. The van der Waals surface area contributed by atoms with E-state index in [0.29, 0.717) is 23.1 Å². The van der Waals surface area contributed by atoms with Crippen molar-refractivity contribution < 1.29 is 9.53 Å². The van der Waals surface area contributed by atoms with Crippen molar-refractivity contribution in [2.24, 2.45) is 0 Å². The fourth-order valence-electron chi connectivity index (χ4n) is 3.14. The lowest BCUT2D eigenvalue weighted by Crippen LogP contribution is -2.35. The van der Waals surface area contributed by atoms with Crippen molar-refractivity contribution in [1.29, 1.82) is 0 Å². The molecule has 1 amide bonds. The van der Waals surface area contributed by atoms with Crippen LogP contribution in [0.4, 0.5) is 5.82 Å². The standard InChI is InChI=1S/C19H23N5O2/c1-13-20-11-16(18(21-13)14-5-6-14)19(25)23-17-4-2-3-15(22-17)12-24-7-9-26-10-8-24/h2-4,11,14H,5-10,12H2,1H3,(H,22,23,25). The van der Waals surface area contributed by atoms with Gasteiger partial charge in [0.25, 0.3) is 5.91 Å². The summed E-state index contributed by atoms with van der Waals surface area (Å²) in [6.07, 6.45) is 3.80. The zero-order valence-corrected chi connectivity index (χ0v) is 14.9. The Kier molecular flexibility index (Phi) is 4.90. The average Bonchev–Trinajstić information content (AvgIpc) is 3.48. The Bertz CT molecular complexity index is 800. The third-order valence-electron chi connectivity index (χ3n) is 4.69. The monoisotopic (exact) mass is 353 g/mol. The Balaban J connectivity index is 1.47. The molecule has 1 aliphatic carbocycles. The van der Waals surface area contributed by atoms with Crippen molar-refractivity contribution in [3.8, 4) is 0 Å². The number of carbonyl (C=O) groups is 1. The number of rotatable bonds is 5. The minimum Gasteiger partial charge on any atom is -0.379 e. The second-order valence-electron chi connectivity index (χ2n) is 6.85. The lowest BCUT2D eigenvalue weighted by Gasteiger charge is -2.26. The van der Waals surface area contributed by atoms with E-state index >= 15 is 0 Å². The largest absolute Gasteiger partial charge is 0.379 e. The zero-order valence-electron chi connectivity index (χ0n) is 14.9. The van der Waals surface area contributed by atoms with Gasteiger partial charge in [0, 0.05) is 31.7 Å². The fraction of sp³-hybridized carbons (Fsp3) is 0.474. The van der Waals surface area contributed by atoms with Crippen LogP contribution in [0.2, 0.25) is 0 Å². The summed E-state index contributed by atoms with van der Waals surface area (Å²) in [6.45, 7) is 5.94. The van der Waals surface area contributed by atoms with Crippen LogP contribution in [0.1, 0.15) is 46.3 Å². The van der Waals surface area contributed by atoms with Gasteiger partial charge in [-0.15, -0.1) is 0 Å². The van der Waals surface area contributed by atoms with E-state index in [1.807, 2.05) is 25.1 Å². The molecule has 136 valence electrons. The lowest BCUT2D eigenvalue weighted by atomic mass is 10.1. The molecule has 0 aromatic carbocycles.